The SMILES string of the molecule is Clc1cc(N(c2ccccc2)c2ccc3sc4c(N(c5ccccc5)c5ccccc5)cccc4c3c2)c2oc3ccccc3c2c1. The first kappa shape index (κ1) is 27.7. The minimum atomic E-state index is 0.661. The summed E-state index contributed by atoms with van der Waals surface area (Å²) in [6.07, 6.45) is 0. The van der Waals surface area contributed by atoms with Gasteiger partial charge in [0.15, 0.2) is 5.58 Å². The second-order valence-electron chi connectivity index (χ2n) is 11.5. The molecule has 0 fully saturated rings. The molecule has 0 aliphatic heterocycles. The number of fused-ring (bicyclic) bond motifs is 6. The third-order valence-corrected chi connectivity index (χ3v) is 10.1. The molecule has 0 radical (unpaired) electrons. The molecule has 2 aromatic heterocycles. The van der Waals surface area contributed by atoms with Crippen molar-refractivity contribution in [3.05, 3.63) is 169 Å². The summed E-state index contributed by atoms with van der Waals surface area (Å²) in [5.41, 5.74) is 7.99. The van der Waals surface area contributed by atoms with E-state index in [0.29, 0.717) is 5.02 Å². The van der Waals surface area contributed by atoms with Crippen LogP contribution in [0, 0.1) is 0 Å². The highest BCUT2D eigenvalue weighted by atomic mass is 35.5. The number of thiophene rings is 1. The second-order valence-corrected chi connectivity index (χ2v) is 13.0. The summed E-state index contributed by atoms with van der Waals surface area (Å²) in [6, 6.07) is 57.1. The van der Waals surface area contributed by atoms with Gasteiger partial charge in [0.2, 0.25) is 0 Å². The highest BCUT2D eigenvalue weighted by Crippen LogP contribution is 2.48. The Morgan fingerprint density at radius 3 is 1.72 bits per heavy atom. The molecule has 9 aromatic rings. The molecular weight excluding hydrogens is 616 g/mol. The van der Waals surface area contributed by atoms with E-state index in [1.807, 2.05) is 47.7 Å². The summed E-state index contributed by atoms with van der Waals surface area (Å²) in [5, 5.41) is 5.13. The van der Waals surface area contributed by atoms with E-state index in [0.717, 1.165) is 56.1 Å². The van der Waals surface area contributed by atoms with Gasteiger partial charge in [-0.25, -0.2) is 0 Å². The fourth-order valence-electron chi connectivity index (χ4n) is 6.61. The number of hydrogen-bond donors (Lipinski definition) is 0. The standard InChI is InChI=1S/C42H27ClN2OS/c43-28-25-36-33-19-10-11-22-39(33)46-41(36)38(26-28)45(31-17-8-3-9-18-31)32-23-24-40-35(27-32)34-20-12-21-37(42(34)47-40)44(29-13-4-1-5-14-29)30-15-6-2-7-16-30/h1-27H. The largest absolute Gasteiger partial charge is 0.454 e. The normalized spacial score (nSPS) is 11.5. The second kappa shape index (κ2) is 11.4. The number of furan rings is 1. The molecule has 7 aromatic carbocycles. The number of rotatable bonds is 6. The van der Waals surface area contributed by atoms with Gasteiger partial charge in [-0.3, -0.25) is 0 Å². The summed E-state index contributed by atoms with van der Waals surface area (Å²) in [6.45, 7) is 0. The van der Waals surface area contributed by atoms with Gasteiger partial charge in [0, 0.05) is 54.0 Å². The quantitative estimate of drug-likeness (QED) is 0.180. The summed E-state index contributed by atoms with van der Waals surface area (Å²) in [7, 11) is 0. The zero-order valence-electron chi connectivity index (χ0n) is 25.2. The van der Waals surface area contributed by atoms with Gasteiger partial charge in [0.25, 0.3) is 0 Å². The maximum atomic E-state index is 6.83. The van der Waals surface area contributed by atoms with Gasteiger partial charge in [-0.15, -0.1) is 11.3 Å². The van der Waals surface area contributed by atoms with E-state index < -0.39 is 0 Å². The van der Waals surface area contributed by atoms with Gasteiger partial charge >= 0.3 is 0 Å². The predicted octanol–water partition coefficient (Wildman–Crippen LogP) is 13.5. The molecule has 3 nitrogen and oxygen atoms in total. The van der Waals surface area contributed by atoms with Crippen molar-refractivity contribution in [2.75, 3.05) is 9.80 Å². The molecule has 0 spiro atoms. The summed E-state index contributed by atoms with van der Waals surface area (Å²) in [4.78, 5) is 4.60. The fourth-order valence-corrected chi connectivity index (χ4v) is 8.01. The number of para-hydroxylation sites is 4. The number of anilines is 6. The molecule has 9 rings (SSSR count). The Morgan fingerprint density at radius 1 is 0.447 bits per heavy atom. The molecule has 0 atom stereocenters. The molecule has 0 saturated carbocycles. The maximum Gasteiger partial charge on any atom is 0.159 e. The molecule has 47 heavy (non-hydrogen) atoms. The monoisotopic (exact) mass is 642 g/mol. The van der Waals surface area contributed by atoms with E-state index in [9.17, 15) is 0 Å². The van der Waals surface area contributed by atoms with Crippen LogP contribution in [0.3, 0.4) is 0 Å². The third-order valence-electron chi connectivity index (χ3n) is 8.67. The molecule has 2 heterocycles. The number of halogens is 1. The smallest absolute Gasteiger partial charge is 0.159 e. The van der Waals surface area contributed by atoms with Crippen LogP contribution in [0.2, 0.25) is 5.02 Å². The molecule has 224 valence electrons. The van der Waals surface area contributed by atoms with Gasteiger partial charge in [0.1, 0.15) is 5.58 Å². The van der Waals surface area contributed by atoms with Crippen LogP contribution in [-0.2, 0) is 0 Å². The van der Waals surface area contributed by atoms with Crippen LogP contribution in [0.25, 0.3) is 42.1 Å². The molecular formula is C42H27ClN2OS. The average molecular weight is 643 g/mol. The van der Waals surface area contributed by atoms with Crippen molar-refractivity contribution in [3.63, 3.8) is 0 Å². The van der Waals surface area contributed by atoms with E-state index in [2.05, 4.69) is 137 Å². The van der Waals surface area contributed by atoms with Crippen molar-refractivity contribution in [1.82, 2.24) is 0 Å². The number of hydrogen-bond acceptors (Lipinski definition) is 4. The number of nitrogens with zero attached hydrogens (tertiary/aromatic N) is 2. The minimum absolute atomic E-state index is 0.661. The zero-order chi connectivity index (χ0) is 31.3. The van der Waals surface area contributed by atoms with Crippen molar-refractivity contribution in [3.8, 4) is 0 Å². The van der Waals surface area contributed by atoms with Gasteiger partial charge < -0.3 is 14.2 Å². The molecule has 0 N–H and O–H groups in total. The van der Waals surface area contributed by atoms with Crippen LogP contribution in [0.4, 0.5) is 34.1 Å². The van der Waals surface area contributed by atoms with E-state index in [-0.39, 0.29) is 0 Å². The lowest BCUT2D eigenvalue weighted by Gasteiger charge is -2.26. The van der Waals surface area contributed by atoms with E-state index in [1.54, 1.807) is 0 Å². The lowest BCUT2D eigenvalue weighted by Crippen LogP contribution is -2.10. The van der Waals surface area contributed by atoms with Crippen LogP contribution in [0.1, 0.15) is 0 Å². The molecule has 0 unspecified atom stereocenters. The summed E-state index contributed by atoms with van der Waals surface area (Å²) in [5.74, 6) is 0. The fraction of sp³-hybridized carbons (Fsp3) is 0. The van der Waals surface area contributed by atoms with E-state index in [1.165, 1.54) is 20.2 Å². The maximum absolute atomic E-state index is 6.83. The number of benzene rings is 7. The molecule has 0 saturated heterocycles. The van der Waals surface area contributed by atoms with Crippen LogP contribution in [-0.4, -0.2) is 0 Å². The van der Waals surface area contributed by atoms with Crippen LogP contribution >= 0.6 is 22.9 Å². The van der Waals surface area contributed by atoms with Crippen molar-refractivity contribution in [2.45, 2.75) is 0 Å². The Hall–Kier alpha value is -5.55. The average Bonchev–Trinajstić information content (AvgIpc) is 3.69. The van der Waals surface area contributed by atoms with E-state index >= 15 is 0 Å². The third kappa shape index (κ3) is 4.73. The van der Waals surface area contributed by atoms with Gasteiger partial charge in [-0.2, -0.15) is 0 Å². The van der Waals surface area contributed by atoms with Gasteiger partial charge in [0.05, 0.1) is 16.1 Å². The van der Waals surface area contributed by atoms with E-state index in [4.69, 9.17) is 16.0 Å². The summed E-state index contributed by atoms with van der Waals surface area (Å²) < 4.78 is 8.99. The van der Waals surface area contributed by atoms with Gasteiger partial charge in [-0.05, 0) is 78.9 Å². The Labute approximate surface area is 281 Å². The minimum Gasteiger partial charge on any atom is -0.454 e. The molecule has 0 aliphatic carbocycles. The van der Waals surface area contributed by atoms with Gasteiger partial charge in [-0.1, -0.05) is 96.5 Å². The van der Waals surface area contributed by atoms with Crippen LogP contribution in [0.5, 0.6) is 0 Å². The first-order chi connectivity index (χ1) is 23.2. The van der Waals surface area contributed by atoms with Crippen molar-refractivity contribution >= 4 is 99.2 Å². The lowest BCUT2D eigenvalue weighted by atomic mass is 10.1. The summed E-state index contributed by atoms with van der Waals surface area (Å²) >= 11 is 8.66. The first-order valence-corrected chi connectivity index (χ1v) is 16.7. The Kier molecular flexibility index (Phi) is 6.70. The van der Waals surface area contributed by atoms with Crippen molar-refractivity contribution in [2.24, 2.45) is 0 Å². The van der Waals surface area contributed by atoms with Crippen LogP contribution in [0.15, 0.2) is 168 Å². The van der Waals surface area contributed by atoms with Crippen molar-refractivity contribution in [1.29, 1.82) is 0 Å². The van der Waals surface area contributed by atoms with Crippen LogP contribution < -0.4 is 9.80 Å². The molecule has 0 aliphatic rings. The Balaban J connectivity index is 1.27. The highest BCUT2D eigenvalue weighted by Gasteiger charge is 2.22. The predicted molar refractivity (Wildman–Crippen MR) is 201 cm³/mol. The zero-order valence-corrected chi connectivity index (χ0v) is 26.7. The first-order valence-electron chi connectivity index (χ1n) is 15.5. The lowest BCUT2D eigenvalue weighted by molar-refractivity contribution is 0.669. The Morgan fingerprint density at radius 2 is 1.04 bits per heavy atom. The highest BCUT2D eigenvalue weighted by molar-refractivity contribution is 7.26. The Bertz CT molecular complexity index is 2500. The molecule has 0 bridgehead atoms. The topological polar surface area (TPSA) is 19.6 Å². The molecule has 5 heteroatoms. The molecule has 0 amide bonds. The van der Waals surface area contributed by atoms with Crippen molar-refractivity contribution < 1.29 is 4.42 Å².